The van der Waals surface area contributed by atoms with Gasteiger partial charge in [0.15, 0.2) is 0 Å². The second-order valence-electron chi connectivity index (χ2n) is 8.58. The molecular formula is C24H22F3N5O2. The van der Waals surface area contributed by atoms with E-state index in [-0.39, 0.29) is 30.2 Å². The fraction of sp³-hybridized carbons (Fsp3) is 0.292. The summed E-state index contributed by atoms with van der Waals surface area (Å²) < 4.78 is 44.8. The van der Waals surface area contributed by atoms with Crippen molar-refractivity contribution < 1.29 is 18.0 Å². The van der Waals surface area contributed by atoms with E-state index >= 15 is 0 Å². The first-order chi connectivity index (χ1) is 16.1. The van der Waals surface area contributed by atoms with E-state index in [0.717, 1.165) is 17.8 Å². The van der Waals surface area contributed by atoms with Gasteiger partial charge >= 0.3 is 6.18 Å². The highest BCUT2D eigenvalue weighted by Gasteiger charge is 2.33. The highest BCUT2D eigenvalue weighted by atomic mass is 19.4. The Bertz CT molecular complexity index is 1490. The smallest absolute Gasteiger partial charge is 0.350 e. The van der Waals surface area contributed by atoms with E-state index in [1.54, 1.807) is 58.9 Å². The summed E-state index contributed by atoms with van der Waals surface area (Å²) in [5.74, 6) is -0.340. The number of hydrogen-bond acceptors (Lipinski definition) is 3. The number of fused-ring (bicyclic) bond motifs is 2. The number of alkyl halides is 3. The van der Waals surface area contributed by atoms with E-state index < -0.39 is 17.8 Å². The summed E-state index contributed by atoms with van der Waals surface area (Å²) in [5.41, 5.74) is 1.66. The first-order valence-electron chi connectivity index (χ1n) is 10.8. The second-order valence-corrected chi connectivity index (χ2v) is 8.58. The predicted molar refractivity (Wildman–Crippen MR) is 120 cm³/mol. The molecule has 4 heterocycles. The molecule has 0 aliphatic carbocycles. The zero-order valence-corrected chi connectivity index (χ0v) is 18.8. The van der Waals surface area contributed by atoms with Crippen molar-refractivity contribution in [2.45, 2.75) is 32.6 Å². The highest BCUT2D eigenvalue weighted by molar-refractivity contribution is 5.94. The van der Waals surface area contributed by atoms with Crippen molar-refractivity contribution >= 4 is 16.8 Å². The lowest BCUT2D eigenvalue weighted by atomic mass is 10.0. The van der Waals surface area contributed by atoms with Gasteiger partial charge in [-0.05, 0) is 49.7 Å². The summed E-state index contributed by atoms with van der Waals surface area (Å²) >= 11 is 0. The number of aryl methyl sites for hydroxylation is 2. The van der Waals surface area contributed by atoms with E-state index in [1.807, 2.05) is 6.92 Å². The van der Waals surface area contributed by atoms with Crippen LogP contribution < -0.4 is 5.56 Å². The van der Waals surface area contributed by atoms with Crippen LogP contribution in [0.5, 0.6) is 0 Å². The van der Waals surface area contributed by atoms with E-state index in [9.17, 15) is 22.8 Å². The average molecular weight is 469 g/mol. The number of benzene rings is 1. The number of pyridine rings is 1. The monoisotopic (exact) mass is 469 g/mol. The van der Waals surface area contributed by atoms with Crippen LogP contribution in [-0.2, 0) is 19.8 Å². The minimum atomic E-state index is -4.46. The maximum Gasteiger partial charge on any atom is 0.416 e. The molecule has 1 aliphatic heterocycles. The van der Waals surface area contributed by atoms with E-state index in [0.29, 0.717) is 22.2 Å². The molecule has 0 saturated heterocycles. The number of rotatable bonds is 3. The molecule has 0 fully saturated rings. The molecule has 0 bridgehead atoms. The Morgan fingerprint density at radius 3 is 2.50 bits per heavy atom. The second kappa shape index (κ2) is 7.61. The SMILES string of the molecule is Cc1cn(-c2ccc3n(c2=O)CCN([C@@H](C)c2cn(C)c4ccc(C(F)(F)F)cc24)C3=O)cn1. The first-order valence-corrected chi connectivity index (χ1v) is 10.8. The van der Waals surface area contributed by atoms with Gasteiger partial charge in [-0.25, -0.2) is 4.98 Å². The third-order valence-corrected chi connectivity index (χ3v) is 6.45. The van der Waals surface area contributed by atoms with Crippen LogP contribution in [0.25, 0.3) is 16.6 Å². The van der Waals surface area contributed by atoms with Crippen LogP contribution in [0.4, 0.5) is 13.2 Å². The minimum Gasteiger partial charge on any atom is -0.350 e. The van der Waals surface area contributed by atoms with Gasteiger partial charge in [0.2, 0.25) is 0 Å². The Balaban J connectivity index is 1.52. The molecular weight excluding hydrogens is 447 g/mol. The maximum atomic E-state index is 13.4. The standard InChI is InChI=1S/C24H22F3N5O2/c1-14-11-30(13-28-14)20-6-7-21-23(34)31(8-9-32(21)22(20)33)15(2)18-12-29(3)19-5-4-16(10-17(18)19)24(25,26)27/h4-7,10-13,15H,8-9H2,1-3H3/t15-/m0/s1. The summed E-state index contributed by atoms with van der Waals surface area (Å²) in [4.78, 5) is 32.2. The quantitative estimate of drug-likeness (QED) is 0.455. The first kappa shape index (κ1) is 22.0. The van der Waals surface area contributed by atoms with Crippen molar-refractivity contribution in [3.63, 3.8) is 0 Å². The molecule has 0 N–H and O–H groups in total. The largest absolute Gasteiger partial charge is 0.416 e. The van der Waals surface area contributed by atoms with Crippen molar-refractivity contribution in [2.24, 2.45) is 7.05 Å². The van der Waals surface area contributed by atoms with Gasteiger partial charge in [0.1, 0.15) is 11.4 Å². The Kier molecular flexibility index (Phi) is 4.92. The summed E-state index contributed by atoms with van der Waals surface area (Å²) in [6.07, 6.45) is 0.582. The van der Waals surface area contributed by atoms with Crippen LogP contribution in [0, 0.1) is 6.92 Å². The molecule has 5 rings (SSSR count). The molecule has 34 heavy (non-hydrogen) atoms. The molecule has 1 atom stereocenters. The zero-order valence-electron chi connectivity index (χ0n) is 18.8. The van der Waals surface area contributed by atoms with Gasteiger partial charge in [-0.1, -0.05) is 0 Å². The Labute approximate surface area is 192 Å². The van der Waals surface area contributed by atoms with Crippen molar-refractivity contribution in [3.8, 4) is 5.69 Å². The number of aromatic nitrogens is 4. The third kappa shape index (κ3) is 3.41. The van der Waals surface area contributed by atoms with E-state index in [1.165, 1.54) is 10.6 Å². The normalized spacial score (nSPS) is 15.1. The number of carbonyl (C=O) groups is 1. The molecule has 1 aromatic carbocycles. The van der Waals surface area contributed by atoms with Gasteiger partial charge in [0.25, 0.3) is 11.5 Å². The number of halogens is 3. The lowest BCUT2D eigenvalue weighted by molar-refractivity contribution is -0.137. The van der Waals surface area contributed by atoms with E-state index in [4.69, 9.17) is 0 Å². The van der Waals surface area contributed by atoms with Crippen LogP contribution in [0.15, 0.2) is 53.8 Å². The van der Waals surface area contributed by atoms with Crippen LogP contribution in [0.2, 0.25) is 0 Å². The molecule has 1 aliphatic rings. The molecule has 3 aromatic heterocycles. The van der Waals surface area contributed by atoms with Gasteiger partial charge < -0.3 is 18.6 Å². The maximum absolute atomic E-state index is 13.4. The van der Waals surface area contributed by atoms with Crippen LogP contribution in [-0.4, -0.2) is 36.0 Å². The molecule has 0 spiro atoms. The van der Waals surface area contributed by atoms with E-state index in [2.05, 4.69) is 4.98 Å². The minimum absolute atomic E-state index is 0.250. The van der Waals surface area contributed by atoms with Gasteiger partial charge in [-0.15, -0.1) is 0 Å². The number of nitrogens with zero attached hydrogens (tertiary/aromatic N) is 5. The number of amides is 1. The summed E-state index contributed by atoms with van der Waals surface area (Å²) in [6, 6.07) is 6.35. The average Bonchev–Trinajstić information content (AvgIpc) is 3.36. The van der Waals surface area contributed by atoms with Gasteiger partial charge in [0, 0.05) is 43.4 Å². The molecule has 1 amide bonds. The third-order valence-electron chi connectivity index (χ3n) is 6.45. The Hall–Kier alpha value is -3.82. The van der Waals surface area contributed by atoms with Gasteiger partial charge in [-0.2, -0.15) is 13.2 Å². The summed E-state index contributed by atoms with van der Waals surface area (Å²) in [7, 11) is 1.76. The van der Waals surface area contributed by atoms with Crippen molar-refractivity contribution in [1.82, 2.24) is 23.6 Å². The van der Waals surface area contributed by atoms with Gasteiger partial charge in [0.05, 0.1) is 23.6 Å². The molecule has 10 heteroatoms. The molecule has 7 nitrogen and oxygen atoms in total. The fourth-order valence-corrected chi connectivity index (χ4v) is 4.65. The Morgan fingerprint density at radius 1 is 1.06 bits per heavy atom. The summed E-state index contributed by atoms with van der Waals surface area (Å²) in [5, 5.41) is 0.450. The number of imidazole rings is 1. The topological polar surface area (TPSA) is 65.1 Å². The summed E-state index contributed by atoms with van der Waals surface area (Å²) in [6.45, 7) is 4.16. The molecule has 0 saturated carbocycles. The molecule has 176 valence electrons. The van der Waals surface area contributed by atoms with Gasteiger partial charge in [-0.3, -0.25) is 9.59 Å². The highest BCUT2D eigenvalue weighted by Crippen LogP contribution is 2.36. The van der Waals surface area contributed by atoms with Crippen molar-refractivity contribution in [1.29, 1.82) is 0 Å². The fourth-order valence-electron chi connectivity index (χ4n) is 4.65. The van der Waals surface area contributed by atoms with Crippen LogP contribution >= 0.6 is 0 Å². The Morgan fingerprint density at radius 2 is 1.82 bits per heavy atom. The van der Waals surface area contributed by atoms with Crippen molar-refractivity contribution in [3.05, 3.63) is 81.9 Å². The molecule has 0 unspecified atom stereocenters. The number of carbonyl (C=O) groups excluding carboxylic acids is 1. The number of hydrogen-bond donors (Lipinski definition) is 0. The van der Waals surface area contributed by atoms with Crippen LogP contribution in [0.1, 0.15) is 40.3 Å². The zero-order chi connectivity index (χ0) is 24.4. The lowest BCUT2D eigenvalue weighted by Gasteiger charge is -2.34. The van der Waals surface area contributed by atoms with Crippen LogP contribution in [0.3, 0.4) is 0 Å². The predicted octanol–water partition coefficient (Wildman–Crippen LogP) is 4.07. The lowest BCUT2D eigenvalue weighted by Crippen LogP contribution is -2.45. The van der Waals surface area contributed by atoms with Crippen molar-refractivity contribution in [2.75, 3.05) is 6.54 Å². The molecule has 0 radical (unpaired) electrons. The molecule has 4 aromatic rings.